The van der Waals surface area contributed by atoms with Gasteiger partial charge in [0.05, 0.1) is 52.4 Å². The first-order valence-corrected chi connectivity index (χ1v) is 24.6. The van der Waals surface area contributed by atoms with Crippen molar-refractivity contribution in [3.63, 3.8) is 0 Å². The SMILES string of the molecule is CC(=O)N1CCCC12CN(C(=O)c1cc3cc([C@H]4CCOC(C)(C)C4)ccc3n1[C@@]1(c3noc(=O)[nH]3)C[C@@H]1C)[C@@H](C)c1c2nn(-c2cc(C)c(F)c(C)c2)c1-n1ccn(-c2ccc3c(cnn3C)c2F)c1=O. The summed E-state index contributed by atoms with van der Waals surface area (Å²) in [5.41, 5.74) is 1.87. The van der Waals surface area contributed by atoms with Gasteiger partial charge in [0.25, 0.3) is 5.91 Å². The summed E-state index contributed by atoms with van der Waals surface area (Å²) in [4.78, 5) is 64.3. The number of carbonyl (C=O) groups excluding carboxylic acids is 2. The third kappa shape index (κ3) is 6.54. The lowest BCUT2D eigenvalue weighted by molar-refractivity contribution is -0.134. The Bertz CT molecular complexity index is 3700. The van der Waals surface area contributed by atoms with Crippen molar-refractivity contribution in [2.75, 3.05) is 19.7 Å². The number of nitrogens with one attached hydrogen (secondary N) is 1. The molecule has 1 saturated carbocycles. The summed E-state index contributed by atoms with van der Waals surface area (Å²) in [5.74, 6) is -1.59. The number of ether oxygens (including phenoxy) is 1. The van der Waals surface area contributed by atoms with Crippen molar-refractivity contribution in [2.45, 2.75) is 109 Å². The maximum atomic E-state index is 16.4. The summed E-state index contributed by atoms with van der Waals surface area (Å²) in [6.45, 7) is 14.0. The van der Waals surface area contributed by atoms with Crippen LogP contribution in [0, 0.1) is 31.4 Å². The van der Waals surface area contributed by atoms with E-state index < -0.39 is 40.2 Å². The number of carbonyl (C=O) groups is 2. The Morgan fingerprint density at radius 1 is 0.931 bits per heavy atom. The van der Waals surface area contributed by atoms with Gasteiger partial charge in [0.15, 0.2) is 11.6 Å². The average Bonchev–Trinajstić information content (AvgIpc) is 4.09. The topological polar surface area (TPSA) is 176 Å². The van der Waals surface area contributed by atoms with Gasteiger partial charge in [-0.15, -0.1) is 0 Å². The molecule has 1 N–H and O–H groups in total. The van der Waals surface area contributed by atoms with E-state index in [1.165, 1.54) is 40.7 Å². The van der Waals surface area contributed by atoms with Gasteiger partial charge in [0.2, 0.25) is 5.91 Å². The van der Waals surface area contributed by atoms with Crippen LogP contribution in [-0.2, 0) is 27.7 Å². The van der Waals surface area contributed by atoms with Gasteiger partial charge in [-0.2, -0.15) is 10.2 Å². The number of fused-ring (bicyclic) bond motifs is 4. The predicted molar refractivity (Wildman–Crippen MR) is 262 cm³/mol. The molecule has 3 aliphatic heterocycles. The Labute approximate surface area is 411 Å². The molecule has 4 aliphatic rings. The Kier molecular flexibility index (Phi) is 10.0. The molecular weight excluding hydrogens is 925 g/mol. The predicted octanol–water partition coefficient (Wildman–Crippen LogP) is 7.74. The highest BCUT2D eigenvalue weighted by molar-refractivity contribution is 6.00. The average molecular weight is 980 g/mol. The summed E-state index contributed by atoms with van der Waals surface area (Å²) in [6, 6.07) is 13.9. The first-order chi connectivity index (χ1) is 34.3. The first kappa shape index (κ1) is 45.7. The van der Waals surface area contributed by atoms with Gasteiger partial charge in [-0.05, 0) is 138 Å². The van der Waals surface area contributed by atoms with E-state index in [-0.39, 0.29) is 52.7 Å². The number of H-pyrrole nitrogens is 1. The lowest BCUT2D eigenvalue weighted by Gasteiger charge is -2.47. The fourth-order valence-electron chi connectivity index (χ4n) is 12.7. The van der Waals surface area contributed by atoms with Crippen LogP contribution in [0.15, 0.2) is 81.2 Å². The van der Waals surface area contributed by atoms with Gasteiger partial charge in [-0.3, -0.25) is 32.9 Å². The molecule has 1 unspecified atom stereocenters. The molecule has 5 aromatic heterocycles. The fraction of sp³-hybridized carbons (Fsp3) is 0.415. The van der Waals surface area contributed by atoms with Crippen LogP contribution in [0.1, 0.15) is 123 Å². The number of amides is 2. The lowest BCUT2D eigenvalue weighted by atomic mass is 9.82. The molecule has 8 heterocycles. The number of halogens is 2. The largest absolute Gasteiger partial charge is 0.438 e. The van der Waals surface area contributed by atoms with Gasteiger partial charge < -0.3 is 19.1 Å². The number of hydrogen-bond donors (Lipinski definition) is 1. The second kappa shape index (κ2) is 15.8. The normalized spacial score (nSPS) is 23.7. The lowest BCUT2D eigenvalue weighted by Crippen LogP contribution is -2.57. The zero-order chi connectivity index (χ0) is 50.5. The number of aryl methyl sites for hydroxylation is 3. The van der Waals surface area contributed by atoms with Crippen LogP contribution in [0.25, 0.3) is 39.0 Å². The van der Waals surface area contributed by atoms with E-state index >= 15 is 18.4 Å². The molecule has 372 valence electrons. The van der Waals surface area contributed by atoms with Gasteiger partial charge in [-0.25, -0.2) is 23.1 Å². The Hall–Kier alpha value is -7.41. The fourth-order valence-corrected chi connectivity index (χ4v) is 12.7. The minimum absolute atomic E-state index is 0.000679. The number of imidazole rings is 1. The summed E-state index contributed by atoms with van der Waals surface area (Å²) in [5, 5.41) is 14.8. The highest BCUT2D eigenvalue weighted by Crippen LogP contribution is 2.57. The molecule has 8 aromatic rings. The summed E-state index contributed by atoms with van der Waals surface area (Å²) in [6.07, 6.45) is 7.70. The number of benzene rings is 3. The van der Waals surface area contributed by atoms with Crippen LogP contribution >= 0.6 is 0 Å². The van der Waals surface area contributed by atoms with Gasteiger partial charge in [0, 0.05) is 56.0 Å². The van der Waals surface area contributed by atoms with Gasteiger partial charge in [0.1, 0.15) is 28.4 Å². The number of hydrogen-bond acceptors (Lipinski definition) is 9. The van der Waals surface area contributed by atoms with Crippen molar-refractivity contribution in [3.8, 4) is 17.2 Å². The van der Waals surface area contributed by atoms with E-state index in [2.05, 4.69) is 41.2 Å². The van der Waals surface area contributed by atoms with Crippen molar-refractivity contribution in [2.24, 2.45) is 13.0 Å². The van der Waals surface area contributed by atoms with E-state index in [0.29, 0.717) is 77.5 Å². The summed E-state index contributed by atoms with van der Waals surface area (Å²) in [7, 11) is 1.71. The van der Waals surface area contributed by atoms with Crippen LogP contribution in [0.5, 0.6) is 0 Å². The zero-order valence-electron chi connectivity index (χ0n) is 41.4. The standard InChI is InChI=1S/C53H55F2N11O6/c1-28-20-36(21-29(2)43(28)54)66-46(62-18-17-61(50(62)70)40-13-12-39-37(44(40)55)26-56-60(39)8)42-31(4)63(27-52(45(42)58-66)15-9-16-64(52)32(5)67)47(68)41-23-35-22-33(34-14-19-71-51(6,7)25-34)10-11-38(35)65(41)53(24-30(53)3)48-57-49(69)72-59-48/h10-13,17-18,20-23,26,30-31,34H,9,14-16,19,24-25,27H2,1-8H3,(H,57,59,69)/t30-,31-,34-,52?,53-/m0/s1. The van der Waals surface area contributed by atoms with Crippen LogP contribution in [-0.4, -0.2) is 90.3 Å². The molecule has 0 radical (unpaired) electrons. The summed E-state index contributed by atoms with van der Waals surface area (Å²) >= 11 is 0. The first-order valence-electron chi connectivity index (χ1n) is 24.6. The van der Waals surface area contributed by atoms with Crippen LogP contribution in [0.3, 0.4) is 0 Å². The zero-order valence-corrected chi connectivity index (χ0v) is 41.4. The summed E-state index contributed by atoms with van der Waals surface area (Å²) < 4.78 is 50.8. The molecule has 2 amide bonds. The van der Waals surface area contributed by atoms with E-state index in [0.717, 1.165) is 29.3 Å². The Balaban J connectivity index is 1.08. The highest BCUT2D eigenvalue weighted by Gasteiger charge is 2.60. The molecule has 12 rings (SSSR count). The van der Waals surface area contributed by atoms with Crippen LogP contribution in [0.4, 0.5) is 8.78 Å². The molecule has 1 spiro atoms. The monoisotopic (exact) mass is 979 g/mol. The van der Waals surface area contributed by atoms with E-state index in [1.807, 2.05) is 30.5 Å². The van der Waals surface area contributed by atoms with Crippen molar-refractivity contribution in [3.05, 3.63) is 139 Å². The maximum absolute atomic E-state index is 16.4. The molecule has 5 atom stereocenters. The number of nitrogens with zero attached hydrogens (tertiary/aromatic N) is 10. The van der Waals surface area contributed by atoms with E-state index in [4.69, 9.17) is 14.4 Å². The molecular formula is C53H55F2N11O6. The van der Waals surface area contributed by atoms with E-state index in [1.54, 1.807) is 58.3 Å². The van der Waals surface area contributed by atoms with Gasteiger partial charge >= 0.3 is 11.4 Å². The molecule has 2 saturated heterocycles. The molecule has 0 bridgehead atoms. The minimum Gasteiger partial charge on any atom is -0.376 e. The van der Waals surface area contributed by atoms with E-state index in [9.17, 15) is 9.59 Å². The smallest absolute Gasteiger partial charge is 0.376 e. The van der Waals surface area contributed by atoms with Crippen LogP contribution in [0.2, 0.25) is 0 Å². The molecule has 3 aromatic carbocycles. The molecule has 72 heavy (non-hydrogen) atoms. The maximum Gasteiger partial charge on any atom is 0.438 e. The molecule has 19 heteroatoms. The third-order valence-corrected chi connectivity index (χ3v) is 16.3. The number of rotatable bonds is 7. The van der Waals surface area contributed by atoms with Crippen LogP contribution < -0.4 is 11.4 Å². The molecule has 1 aliphatic carbocycles. The molecule has 17 nitrogen and oxygen atoms in total. The van der Waals surface area contributed by atoms with Crippen molar-refractivity contribution in [1.29, 1.82) is 0 Å². The van der Waals surface area contributed by atoms with Crippen molar-refractivity contribution >= 4 is 33.6 Å². The number of likely N-dealkylation sites (tertiary alicyclic amines) is 1. The van der Waals surface area contributed by atoms with Crippen molar-refractivity contribution < 1.29 is 27.6 Å². The second-order valence-corrected chi connectivity index (χ2v) is 21.2. The molecule has 3 fully saturated rings. The quantitative estimate of drug-likeness (QED) is 0.168. The Morgan fingerprint density at radius 3 is 2.36 bits per heavy atom. The highest BCUT2D eigenvalue weighted by atomic mass is 19.1. The number of aromatic amines is 1. The Morgan fingerprint density at radius 2 is 1.67 bits per heavy atom. The minimum atomic E-state index is -1.17. The van der Waals surface area contributed by atoms with Gasteiger partial charge in [-0.1, -0.05) is 18.1 Å². The third-order valence-electron chi connectivity index (χ3n) is 16.3. The second-order valence-electron chi connectivity index (χ2n) is 21.2. The number of aromatic nitrogens is 9. The van der Waals surface area contributed by atoms with Crippen molar-refractivity contribution in [1.82, 2.24) is 53.2 Å².